The molecule has 18 heavy (non-hydrogen) atoms. The number of nitrogens with one attached hydrogen (secondary N) is 1. The Morgan fingerprint density at radius 1 is 1.28 bits per heavy atom. The fourth-order valence-corrected chi connectivity index (χ4v) is 2.58. The van der Waals surface area contributed by atoms with Crippen molar-refractivity contribution >= 4 is 33.8 Å². The first-order valence-corrected chi connectivity index (χ1v) is 6.93. The normalized spacial score (nSPS) is 13.2. The van der Waals surface area contributed by atoms with Gasteiger partial charge in [0.15, 0.2) is 5.65 Å². The topological polar surface area (TPSA) is 54.5 Å². The van der Waals surface area contributed by atoms with Gasteiger partial charge in [-0.15, -0.1) is 10.2 Å². The second-order valence-corrected chi connectivity index (χ2v) is 5.70. The van der Waals surface area contributed by atoms with Crippen molar-refractivity contribution in [3.8, 4) is 0 Å². The van der Waals surface area contributed by atoms with Crippen LogP contribution in [0, 0.1) is 0 Å². The first-order valence-electron chi connectivity index (χ1n) is 6.05. The molecule has 0 spiro atoms. The van der Waals surface area contributed by atoms with Crippen LogP contribution in [0.4, 0.5) is 0 Å². The SMILES string of the molecule is CC[C@@H](C)Sc1nnc2c(n1)[nH]c1ccccc12. The molecular weight excluding hydrogens is 244 g/mol. The monoisotopic (exact) mass is 258 g/mol. The molecule has 0 aliphatic rings. The molecular formula is C13H14N4S. The molecule has 3 aromatic rings. The Labute approximate surface area is 109 Å². The molecule has 4 nitrogen and oxygen atoms in total. The van der Waals surface area contributed by atoms with E-state index in [9.17, 15) is 0 Å². The summed E-state index contributed by atoms with van der Waals surface area (Å²) in [7, 11) is 0. The van der Waals surface area contributed by atoms with Gasteiger partial charge in [-0.1, -0.05) is 43.8 Å². The van der Waals surface area contributed by atoms with Crippen molar-refractivity contribution in [3.05, 3.63) is 24.3 Å². The van der Waals surface area contributed by atoms with E-state index in [4.69, 9.17) is 0 Å². The number of H-pyrrole nitrogens is 1. The molecule has 0 aliphatic carbocycles. The molecule has 0 fully saturated rings. The number of nitrogens with zero attached hydrogens (tertiary/aromatic N) is 3. The van der Waals surface area contributed by atoms with Gasteiger partial charge in [0.05, 0.1) is 0 Å². The Kier molecular flexibility index (Phi) is 2.91. The van der Waals surface area contributed by atoms with E-state index in [1.54, 1.807) is 11.8 Å². The molecule has 5 heteroatoms. The van der Waals surface area contributed by atoms with Gasteiger partial charge in [0.2, 0.25) is 5.16 Å². The summed E-state index contributed by atoms with van der Waals surface area (Å²) in [5.74, 6) is 0. The lowest BCUT2D eigenvalue weighted by Crippen LogP contribution is -1.97. The van der Waals surface area contributed by atoms with Crippen molar-refractivity contribution in [2.45, 2.75) is 30.7 Å². The molecule has 0 aliphatic heterocycles. The molecule has 1 atom stereocenters. The number of rotatable bonds is 3. The number of thioether (sulfide) groups is 1. The fraction of sp³-hybridized carbons (Fsp3) is 0.308. The fourth-order valence-electron chi connectivity index (χ4n) is 1.82. The van der Waals surface area contributed by atoms with Crippen LogP contribution in [0.2, 0.25) is 0 Å². The molecule has 92 valence electrons. The van der Waals surface area contributed by atoms with Crippen LogP contribution < -0.4 is 0 Å². The van der Waals surface area contributed by atoms with Crippen molar-refractivity contribution in [1.82, 2.24) is 20.2 Å². The number of benzene rings is 1. The zero-order valence-corrected chi connectivity index (χ0v) is 11.2. The largest absolute Gasteiger partial charge is 0.338 e. The van der Waals surface area contributed by atoms with Gasteiger partial charge in [-0.25, -0.2) is 4.98 Å². The highest BCUT2D eigenvalue weighted by atomic mass is 32.2. The highest BCUT2D eigenvalue weighted by Gasteiger charge is 2.10. The van der Waals surface area contributed by atoms with Gasteiger partial charge in [-0.2, -0.15) is 0 Å². The zero-order chi connectivity index (χ0) is 12.5. The number of hydrogen-bond acceptors (Lipinski definition) is 4. The Hall–Kier alpha value is -1.62. The van der Waals surface area contributed by atoms with E-state index in [0.717, 1.165) is 33.6 Å². The molecule has 2 aromatic heterocycles. The third-order valence-electron chi connectivity index (χ3n) is 2.98. The van der Waals surface area contributed by atoms with Crippen molar-refractivity contribution in [2.75, 3.05) is 0 Å². The minimum absolute atomic E-state index is 0.508. The predicted octanol–water partition coefficient (Wildman–Crippen LogP) is 3.40. The number of hydrogen-bond donors (Lipinski definition) is 1. The second kappa shape index (κ2) is 4.57. The summed E-state index contributed by atoms with van der Waals surface area (Å²) >= 11 is 1.66. The van der Waals surface area contributed by atoms with Crippen LogP contribution in [0.1, 0.15) is 20.3 Å². The lowest BCUT2D eigenvalue weighted by atomic mass is 10.2. The van der Waals surface area contributed by atoms with Gasteiger partial charge >= 0.3 is 0 Å². The van der Waals surface area contributed by atoms with Gasteiger partial charge in [0.25, 0.3) is 0 Å². The van der Waals surface area contributed by atoms with E-state index >= 15 is 0 Å². The maximum atomic E-state index is 4.53. The molecule has 1 aromatic carbocycles. The Morgan fingerprint density at radius 2 is 2.11 bits per heavy atom. The van der Waals surface area contributed by atoms with Crippen molar-refractivity contribution in [2.24, 2.45) is 0 Å². The van der Waals surface area contributed by atoms with E-state index < -0.39 is 0 Å². The highest BCUT2D eigenvalue weighted by molar-refractivity contribution is 7.99. The van der Waals surface area contributed by atoms with Crippen molar-refractivity contribution < 1.29 is 0 Å². The summed E-state index contributed by atoms with van der Waals surface area (Å²) in [5, 5.41) is 10.8. The predicted molar refractivity (Wildman–Crippen MR) is 74.8 cm³/mol. The van der Waals surface area contributed by atoms with Crippen molar-refractivity contribution in [1.29, 1.82) is 0 Å². The molecule has 3 rings (SSSR count). The van der Waals surface area contributed by atoms with E-state index in [0.29, 0.717) is 5.25 Å². The van der Waals surface area contributed by atoms with Crippen molar-refractivity contribution in [3.63, 3.8) is 0 Å². The minimum atomic E-state index is 0.508. The standard InChI is InChI=1S/C13H14N4S/c1-3-8(2)18-13-15-12-11(16-17-13)9-6-4-5-7-10(9)14-12/h4-8H,3H2,1-2H3,(H,14,15,17)/t8-/m1/s1. The number of para-hydroxylation sites is 1. The first-order chi connectivity index (χ1) is 8.78. The maximum Gasteiger partial charge on any atom is 0.211 e. The number of fused-ring (bicyclic) bond motifs is 3. The van der Waals surface area contributed by atoms with Gasteiger partial charge in [0.1, 0.15) is 5.52 Å². The molecule has 1 N–H and O–H groups in total. The summed E-state index contributed by atoms with van der Waals surface area (Å²) in [5.41, 5.74) is 2.72. The summed E-state index contributed by atoms with van der Waals surface area (Å²) in [6.45, 7) is 4.33. The molecule has 0 bridgehead atoms. The molecule has 0 amide bonds. The van der Waals surface area contributed by atoms with Crippen LogP contribution in [0.25, 0.3) is 22.1 Å². The van der Waals surface area contributed by atoms with E-state index in [2.05, 4.69) is 34.0 Å². The molecule has 0 radical (unpaired) electrons. The summed E-state index contributed by atoms with van der Waals surface area (Å²) in [4.78, 5) is 7.82. The van der Waals surface area contributed by atoms with Gasteiger partial charge < -0.3 is 4.98 Å². The third-order valence-corrected chi connectivity index (χ3v) is 4.10. The van der Waals surface area contributed by atoms with Crippen LogP contribution in [-0.4, -0.2) is 25.4 Å². The van der Waals surface area contributed by atoms with Gasteiger partial charge in [0, 0.05) is 16.2 Å². The zero-order valence-electron chi connectivity index (χ0n) is 10.3. The van der Waals surface area contributed by atoms with E-state index in [1.165, 1.54) is 0 Å². The van der Waals surface area contributed by atoms with Gasteiger partial charge in [-0.05, 0) is 12.5 Å². The smallest absolute Gasteiger partial charge is 0.211 e. The summed E-state index contributed by atoms with van der Waals surface area (Å²) < 4.78 is 0. The first kappa shape index (κ1) is 11.5. The Bertz CT molecular complexity index is 692. The van der Waals surface area contributed by atoms with Crippen LogP contribution >= 0.6 is 11.8 Å². The molecule has 0 unspecified atom stereocenters. The molecule has 0 saturated heterocycles. The summed E-state index contributed by atoms with van der Waals surface area (Å²) in [6, 6.07) is 8.06. The Balaban J connectivity index is 2.09. The maximum absolute atomic E-state index is 4.53. The van der Waals surface area contributed by atoms with Crippen LogP contribution in [0.15, 0.2) is 29.4 Å². The third kappa shape index (κ3) is 1.95. The lowest BCUT2D eigenvalue weighted by molar-refractivity contribution is 0.851. The average molecular weight is 258 g/mol. The van der Waals surface area contributed by atoms with E-state index in [1.807, 2.05) is 24.3 Å². The second-order valence-electron chi connectivity index (χ2n) is 4.30. The molecule has 0 saturated carbocycles. The van der Waals surface area contributed by atoms with E-state index in [-0.39, 0.29) is 0 Å². The summed E-state index contributed by atoms with van der Waals surface area (Å²) in [6.07, 6.45) is 1.10. The molecule has 2 heterocycles. The van der Waals surface area contributed by atoms with Crippen LogP contribution in [-0.2, 0) is 0 Å². The highest BCUT2D eigenvalue weighted by Crippen LogP contribution is 2.25. The average Bonchev–Trinajstić information content (AvgIpc) is 2.76. The van der Waals surface area contributed by atoms with Crippen LogP contribution in [0.3, 0.4) is 0 Å². The number of aromatic nitrogens is 4. The lowest BCUT2D eigenvalue weighted by Gasteiger charge is -2.04. The minimum Gasteiger partial charge on any atom is -0.338 e. The number of aromatic amines is 1. The van der Waals surface area contributed by atoms with Crippen LogP contribution in [0.5, 0.6) is 0 Å². The van der Waals surface area contributed by atoms with Gasteiger partial charge in [-0.3, -0.25) is 0 Å². The quantitative estimate of drug-likeness (QED) is 0.732. The Morgan fingerprint density at radius 3 is 2.94 bits per heavy atom.